The van der Waals surface area contributed by atoms with Crippen molar-refractivity contribution in [2.45, 2.75) is 13.0 Å². The minimum atomic E-state index is -0.808. The van der Waals surface area contributed by atoms with Crippen molar-refractivity contribution in [3.8, 4) is 0 Å². The number of hydrogen-bond acceptors (Lipinski definition) is 8. The average molecular weight is 519 g/mol. The zero-order valence-corrected chi connectivity index (χ0v) is 21.7. The van der Waals surface area contributed by atoms with Crippen LogP contribution < -0.4 is 0 Å². The van der Waals surface area contributed by atoms with E-state index in [1.54, 1.807) is 24.3 Å². The van der Waals surface area contributed by atoms with Gasteiger partial charge < -0.3 is 19.6 Å². The van der Waals surface area contributed by atoms with Crippen LogP contribution in [-0.2, 0) is 9.53 Å². The quantitative estimate of drug-likeness (QED) is 0.293. The molecule has 0 saturated carbocycles. The number of methoxy groups -OCH3 is 1. The normalized spacial score (nSPS) is 16.0. The number of aliphatic hydroxyl groups is 1. The number of imidazole rings is 1. The third-order valence-corrected chi connectivity index (χ3v) is 7.72. The number of esters is 1. The molecule has 0 spiro atoms. The highest BCUT2D eigenvalue weighted by atomic mass is 32.1. The fourth-order valence-corrected chi connectivity index (χ4v) is 5.78. The van der Waals surface area contributed by atoms with Crippen molar-refractivity contribution in [2.75, 3.05) is 34.3 Å². The van der Waals surface area contributed by atoms with Gasteiger partial charge in [0.05, 0.1) is 40.2 Å². The lowest BCUT2D eigenvalue weighted by Crippen LogP contribution is -2.36. The monoisotopic (exact) mass is 518 g/mol. The molecule has 2 aromatic carbocycles. The second-order valence-electron chi connectivity index (χ2n) is 9.14. The molecular weight excluding hydrogens is 492 g/mol. The summed E-state index contributed by atoms with van der Waals surface area (Å²) in [6, 6.07) is 13.4. The van der Waals surface area contributed by atoms with Crippen LogP contribution >= 0.6 is 11.3 Å². The predicted octanol–water partition coefficient (Wildman–Crippen LogP) is 3.78. The number of thiazole rings is 1. The summed E-state index contributed by atoms with van der Waals surface area (Å²) in [5.74, 6) is -2.06. The number of benzene rings is 2. The van der Waals surface area contributed by atoms with E-state index in [0.29, 0.717) is 39.7 Å². The molecule has 190 valence electrons. The Bertz CT molecular complexity index is 1580. The van der Waals surface area contributed by atoms with Gasteiger partial charge in [0, 0.05) is 18.8 Å². The van der Waals surface area contributed by atoms with Crippen LogP contribution in [-0.4, -0.2) is 76.2 Å². The molecule has 0 bridgehead atoms. The number of amides is 1. The van der Waals surface area contributed by atoms with Gasteiger partial charge in [-0.15, -0.1) is 0 Å². The molecule has 1 aliphatic rings. The molecule has 0 saturated heterocycles. The third kappa shape index (κ3) is 4.08. The molecule has 37 heavy (non-hydrogen) atoms. The number of carbonyl (C=O) groups excluding carboxylic acids is 3. The lowest BCUT2D eigenvalue weighted by atomic mass is 9.94. The molecule has 5 rings (SSSR count). The molecule has 2 aromatic heterocycles. The highest BCUT2D eigenvalue weighted by Gasteiger charge is 2.44. The van der Waals surface area contributed by atoms with E-state index in [4.69, 9.17) is 4.74 Å². The van der Waals surface area contributed by atoms with Crippen molar-refractivity contribution in [3.63, 3.8) is 0 Å². The minimum Gasteiger partial charge on any atom is -0.503 e. The number of rotatable bonds is 7. The molecule has 0 fully saturated rings. The lowest BCUT2D eigenvalue weighted by Gasteiger charge is -2.28. The van der Waals surface area contributed by atoms with Crippen molar-refractivity contribution in [1.29, 1.82) is 0 Å². The Hall–Kier alpha value is -4.02. The molecule has 10 heteroatoms. The Balaban J connectivity index is 1.60. The number of aliphatic hydroxyl groups excluding tert-OH is 1. The van der Waals surface area contributed by atoms with Gasteiger partial charge in [0.15, 0.2) is 10.7 Å². The van der Waals surface area contributed by atoms with Crippen LogP contribution in [0.3, 0.4) is 0 Å². The second kappa shape index (κ2) is 9.45. The zero-order valence-electron chi connectivity index (χ0n) is 20.9. The van der Waals surface area contributed by atoms with E-state index in [0.717, 1.165) is 11.0 Å². The van der Waals surface area contributed by atoms with Gasteiger partial charge in [0.1, 0.15) is 0 Å². The number of hydrogen-bond donors (Lipinski definition) is 1. The first-order chi connectivity index (χ1) is 17.7. The Kier molecular flexibility index (Phi) is 6.30. The van der Waals surface area contributed by atoms with Crippen LogP contribution in [0, 0.1) is 6.92 Å². The Morgan fingerprint density at radius 1 is 1.14 bits per heavy atom. The first-order valence-electron chi connectivity index (χ1n) is 11.7. The van der Waals surface area contributed by atoms with Gasteiger partial charge in [-0.3, -0.25) is 14.0 Å². The number of carbonyl (C=O) groups is 3. The smallest absolute Gasteiger partial charge is 0.337 e. The number of Topliss-reactive ketones (excluding diaryl/α,β-unsaturated/α-hetero) is 1. The first-order valence-corrected chi connectivity index (χ1v) is 12.5. The second-order valence-corrected chi connectivity index (χ2v) is 10.1. The number of ether oxygens (including phenoxy) is 1. The van der Waals surface area contributed by atoms with Gasteiger partial charge in [0.25, 0.3) is 5.91 Å². The van der Waals surface area contributed by atoms with E-state index in [1.807, 2.05) is 54.6 Å². The van der Waals surface area contributed by atoms with Crippen LogP contribution in [0.4, 0.5) is 0 Å². The molecule has 1 amide bonds. The Labute approximate surface area is 217 Å². The van der Waals surface area contributed by atoms with Gasteiger partial charge in [0.2, 0.25) is 5.78 Å². The number of ketones is 1. The molecule has 0 radical (unpaired) electrons. The first kappa shape index (κ1) is 24.7. The van der Waals surface area contributed by atoms with Gasteiger partial charge in [-0.1, -0.05) is 35.6 Å². The average Bonchev–Trinajstić information content (AvgIpc) is 3.50. The minimum absolute atomic E-state index is 0.0199. The summed E-state index contributed by atoms with van der Waals surface area (Å²) >= 11 is 1.23. The fraction of sp³-hybridized carbons (Fsp3) is 0.259. The van der Waals surface area contributed by atoms with Crippen molar-refractivity contribution in [1.82, 2.24) is 19.2 Å². The van der Waals surface area contributed by atoms with Crippen molar-refractivity contribution in [2.24, 2.45) is 0 Å². The van der Waals surface area contributed by atoms with E-state index in [2.05, 4.69) is 4.98 Å². The Morgan fingerprint density at radius 3 is 2.51 bits per heavy atom. The molecule has 1 N–H and O–H groups in total. The largest absolute Gasteiger partial charge is 0.503 e. The molecule has 0 aliphatic carbocycles. The third-order valence-electron chi connectivity index (χ3n) is 6.58. The van der Waals surface area contributed by atoms with Gasteiger partial charge in [-0.05, 0) is 50.8 Å². The number of aryl methyl sites for hydroxylation is 1. The molecular formula is C27H26N4O5S. The predicted molar refractivity (Wildman–Crippen MR) is 140 cm³/mol. The van der Waals surface area contributed by atoms with Gasteiger partial charge in [-0.2, -0.15) is 0 Å². The molecule has 3 heterocycles. The van der Waals surface area contributed by atoms with E-state index in [-0.39, 0.29) is 5.57 Å². The number of nitrogens with zero attached hydrogens (tertiary/aromatic N) is 4. The van der Waals surface area contributed by atoms with Gasteiger partial charge >= 0.3 is 5.97 Å². The lowest BCUT2D eigenvalue weighted by molar-refractivity contribution is -0.129. The highest BCUT2D eigenvalue weighted by molar-refractivity contribution is 7.19. The Morgan fingerprint density at radius 2 is 1.84 bits per heavy atom. The topological polar surface area (TPSA) is 104 Å². The van der Waals surface area contributed by atoms with Crippen molar-refractivity contribution in [3.05, 3.63) is 81.6 Å². The van der Waals surface area contributed by atoms with E-state index in [1.165, 1.54) is 23.3 Å². The SMILES string of the molecule is COC(=O)c1ccc(C2C(C(=O)c3sc4nc5ccccc5n4c3C)=C(O)C(=O)N2CCN(C)C)cc1. The standard InChI is InChI=1S/C27H26N4O5S/c1-15-24(37-27-28-18-7-5-6-8-19(18)31(15)27)22(32)20-21(16-9-11-17(12-10-16)26(35)36-4)30(14-13-29(2)3)25(34)23(20)33/h5-12,21,33H,13-14H2,1-4H3. The molecule has 1 atom stereocenters. The van der Waals surface area contributed by atoms with Crippen molar-refractivity contribution >= 4 is 45.0 Å². The number of para-hydroxylation sites is 2. The summed E-state index contributed by atoms with van der Waals surface area (Å²) in [5.41, 5.74) is 3.38. The summed E-state index contributed by atoms with van der Waals surface area (Å²) in [5, 5.41) is 11.0. The summed E-state index contributed by atoms with van der Waals surface area (Å²) < 4.78 is 6.71. The zero-order chi connectivity index (χ0) is 26.4. The van der Waals surface area contributed by atoms with Crippen LogP contribution in [0.2, 0.25) is 0 Å². The van der Waals surface area contributed by atoms with Gasteiger partial charge in [-0.25, -0.2) is 9.78 Å². The highest BCUT2D eigenvalue weighted by Crippen LogP contribution is 2.41. The maximum Gasteiger partial charge on any atom is 0.337 e. The molecule has 1 aliphatic heterocycles. The summed E-state index contributed by atoms with van der Waals surface area (Å²) in [6.07, 6.45) is 0. The van der Waals surface area contributed by atoms with Crippen LogP contribution in [0.5, 0.6) is 0 Å². The van der Waals surface area contributed by atoms with Crippen molar-refractivity contribution < 1.29 is 24.2 Å². The van der Waals surface area contributed by atoms with E-state index < -0.39 is 29.5 Å². The maximum absolute atomic E-state index is 14.0. The van der Waals surface area contributed by atoms with Crippen LogP contribution in [0.25, 0.3) is 16.0 Å². The number of aromatic nitrogens is 2. The van der Waals surface area contributed by atoms with Crippen LogP contribution in [0.1, 0.15) is 37.3 Å². The van der Waals surface area contributed by atoms with E-state index in [9.17, 15) is 19.5 Å². The molecule has 9 nitrogen and oxygen atoms in total. The maximum atomic E-state index is 14.0. The summed E-state index contributed by atoms with van der Waals surface area (Å²) in [7, 11) is 5.07. The fourth-order valence-electron chi connectivity index (χ4n) is 4.69. The molecule has 1 unspecified atom stereocenters. The van der Waals surface area contributed by atoms with E-state index >= 15 is 0 Å². The molecule has 4 aromatic rings. The number of likely N-dealkylation sites (N-methyl/N-ethyl adjacent to an activating group) is 1. The van der Waals surface area contributed by atoms with Crippen LogP contribution in [0.15, 0.2) is 59.9 Å². The number of fused-ring (bicyclic) bond motifs is 3. The summed E-state index contributed by atoms with van der Waals surface area (Å²) in [6.45, 7) is 2.67. The summed E-state index contributed by atoms with van der Waals surface area (Å²) in [4.78, 5) is 48.3.